The molecule has 0 spiro atoms. The van der Waals surface area contributed by atoms with Crippen LogP contribution in [0.1, 0.15) is 42.1 Å². The van der Waals surface area contributed by atoms with Crippen LogP contribution in [0, 0.1) is 5.92 Å². The van der Waals surface area contributed by atoms with Gasteiger partial charge in [0.2, 0.25) is 5.91 Å². The van der Waals surface area contributed by atoms with Crippen LogP contribution < -0.4 is 10.6 Å². The average Bonchev–Trinajstić information content (AvgIpc) is 3.37. The van der Waals surface area contributed by atoms with E-state index in [2.05, 4.69) is 10.6 Å². The lowest BCUT2D eigenvalue weighted by molar-refractivity contribution is -0.122. The molecule has 0 bridgehead atoms. The molecule has 0 aromatic heterocycles. The fourth-order valence-corrected chi connectivity index (χ4v) is 2.08. The minimum atomic E-state index is -0.0786. The number of nitrogens with one attached hydrogen (secondary N) is 2. The summed E-state index contributed by atoms with van der Waals surface area (Å²) in [6.07, 6.45) is 2.83. The fourth-order valence-electron chi connectivity index (χ4n) is 2.08. The van der Waals surface area contributed by atoms with Crippen molar-refractivity contribution >= 4 is 11.8 Å². The zero-order valence-electron chi connectivity index (χ0n) is 13.1. The Balaban J connectivity index is 1.70. The summed E-state index contributed by atoms with van der Waals surface area (Å²) in [5.74, 6) is 0.280. The number of amides is 2. The van der Waals surface area contributed by atoms with Gasteiger partial charge < -0.3 is 15.4 Å². The third-order valence-corrected chi connectivity index (χ3v) is 3.59. The molecule has 2 amide bonds. The predicted molar refractivity (Wildman–Crippen MR) is 84.5 cm³/mol. The molecule has 0 radical (unpaired) electrons. The van der Waals surface area contributed by atoms with Gasteiger partial charge in [-0.2, -0.15) is 0 Å². The van der Waals surface area contributed by atoms with Gasteiger partial charge in [-0.1, -0.05) is 12.1 Å². The van der Waals surface area contributed by atoms with Gasteiger partial charge in [-0.3, -0.25) is 9.59 Å². The maximum Gasteiger partial charge on any atom is 0.251 e. The smallest absolute Gasteiger partial charge is 0.251 e. The maximum atomic E-state index is 11.9. The summed E-state index contributed by atoms with van der Waals surface area (Å²) in [6.45, 7) is 4.44. The molecule has 0 unspecified atom stereocenters. The van der Waals surface area contributed by atoms with E-state index < -0.39 is 0 Å². The van der Waals surface area contributed by atoms with Gasteiger partial charge >= 0.3 is 0 Å². The Labute approximate surface area is 131 Å². The predicted octanol–water partition coefficient (Wildman–Crippen LogP) is 1.87. The van der Waals surface area contributed by atoms with E-state index in [-0.39, 0.29) is 17.7 Å². The van der Waals surface area contributed by atoms with Gasteiger partial charge in [-0.15, -0.1) is 0 Å². The van der Waals surface area contributed by atoms with E-state index in [1.807, 2.05) is 19.1 Å². The van der Waals surface area contributed by atoms with Crippen LogP contribution in [0.4, 0.5) is 0 Å². The largest absolute Gasteiger partial charge is 0.382 e. The van der Waals surface area contributed by atoms with E-state index in [1.54, 1.807) is 12.1 Å². The highest BCUT2D eigenvalue weighted by Crippen LogP contribution is 2.28. The highest BCUT2D eigenvalue weighted by Gasteiger charge is 2.29. The minimum Gasteiger partial charge on any atom is -0.382 e. The molecule has 5 nitrogen and oxygen atoms in total. The lowest BCUT2D eigenvalue weighted by atomic mass is 10.1. The lowest BCUT2D eigenvalue weighted by Crippen LogP contribution is -2.26. The van der Waals surface area contributed by atoms with Crippen molar-refractivity contribution in [2.75, 3.05) is 19.8 Å². The van der Waals surface area contributed by atoms with Crippen molar-refractivity contribution < 1.29 is 14.3 Å². The van der Waals surface area contributed by atoms with E-state index in [9.17, 15) is 9.59 Å². The molecule has 1 aromatic rings. The standard InChI is InChI=1S/C17H24N2O3/c1-2-22-11-3-10-18-16(20)14-6-4-13(5-7-14)12-19-17(21)15-8-9-15/h4-7,15H,2-3,8-12H2,1H3,(H,18,20)(H,19,21). The van der Waals surface area contributed by atoms with Crippen molar-refractivity contribution in [1.82, 2.24) is 10.6 Å². The van der Waals surface area contributed by atoms with Gasteiger partial charge in [-0.05, 0) is 43.9 Å². The fraction of sp³-hybridized carbons (Fsp3) is 0.529. The van der Waals surface area contributed by atoms with E-state index >= 15 is 0 Å². The molecule has 5 heteroatoms. The molecule has 22 heavy (non-hydrogen) atoms. The monoisotopic (exact) mass is 304 g/mol. The molecule has 0 saturated heterocycles. The van der Waals surface area contributed by atoms with Gasteiger partial charge in [0, 0.05) is 37.8 Å². The molecule has 0 atom stereocenters. The number of hydrogen-bond donors (Lipinski definition) is 2. The molecular formula is C17H24N2O3. The topological polar surface area (TPSA) is 67.4 Å². The lowest BCUT2D eigenvalue weighted by Gasteiger charge is -2.07. The van der Waals surface area contributed by atoms with Crippen LogP contribution in [0.2, 0.25) is 0 Å². The molecular weight excluding hydrogens is 280 g/mol. The summed E-state index contributed by atoms with van der Waals surface area (Å²) in [5.41, 5.74) is 1.63. The van der Waals surface area contributed by atoms with Crippen LogP contribution >= 0.6 is 0 Å². The van der Waals surface area contributed by atoms with Crippen LogP contribution in [0.5, 0.6) is 0 Å². The van der Waals surface area contributed by atoms with E-state index in [0.29, 0.717) is 31.9 Å². The Morgan fingerprint density at radius 1 is 1.18 bits per heavy atom. The third kappa shape index (κ3) is 5.48. The van der Waals surface area contributed by atoms with Crippen molar-refractivity contribution in [3.8, 4) is 0 Å². The van der Waals surface area contributed by atoms with E-state index in [0.717, 1.165) is 24.8 Å². The summed E-state index contributed by atoms with van der Waals surface area (Å²) >= 11 is 0. The van der Waals surface area contributed by atoms with Gasteiger partial charge in [0.05, 0.1) is 0 Å². The molecule has 1 saturated carbocycles. The van der Waals surface area contributed by atoms with Crippen molar-refractivity contribution in [1.29, 1.82) is 0 Å². The van der Waals surface area contributed by atoms with Crippen LogP contribution in [-0.2, 0) is 16.1 Å². The van der Waals surface area contributed by atoms with Crippen molar-refractivity contribution in [2.24, 2.45) is 5.92 Å². The highest BCUT2D eigenvalue weighted by atomic mass is 16.5. The van der Waals surface area contributed by atoms with E-state index in [1.165, 1.54) is 0 Å². The van der Waals surface area contributed by atoms with Crippen LogP contribution in [0.25, 0.3) is 0 Å². The maximum absolute atomic E-state index is 11.9. The van der Waals surface area contributed by atoms with Crippen molar-refractivity contribution in [3.63, 3.8) is 0 Å². The number of hydrogen-bond acceptors (Lipinski definition) is 3. The number of rotatable bonds is 9. The third-order valence-electron chi connectivity index (χ3n) is 3.59. The second kappa shape index (κ2) is 8.54. The number of carbonyl (C=O) groups is 2. The number of ether oxygens (including phenoxy) is 1. The van der Waals surface area contributed by atoms with Crippen molar-refractivity contribution in [2.45, 2.75) is 32.7 Å². The molecule has 1 aromatic carbocycles. The molecule has 2 N–H and O–H groups in total. The van der Waals surface area contributed by atoms with Gasteiger partial charge in [0.1, 0.15) is 0 Å². The van der Waals surface area contributed by atoms with Gasteiger partial charge in [-0.25, -0.2) is 0 Å². The first kappa shape index (κ1) is 16.5. The number of carbonyl (C=O) groups excluding carboxylic acids is 2. The summed E-state index contributed by atoms with van der Waals surface area (Å²) in [4.78, 5) is 23.5. The average molecular weight is 304 g/mol. The Bertz CT molecular complexity index is 495. The molecule has 1 aliphatic rings. The summed E-state index contributed by atoms with van der Waals surface area (Å²) < 4.78 is 5.22. The summed E-state index contributed by atoms with van der Waals surface area (Å²) in [7, 11) is 0. The Morgan fingerprint density at radius 3 is 2.55 bits per heavy atom. The van der Waals surface area contributed by atoms with Gasteiger partial charge in [0.25, 0.3) is 5.91 Å². The first-order valence-electron chi connectivity index (χ1n) is 7.93. The minimum absolute atomic E-state index is 0.0786. The molecule has 0 aliphatic heterocycles. The molecule has 0 heterocycles. The van der Waals surface area contributed by atoms with Crippen molar-refractivity contribution in [3.05, 3.63) is 35.4 Å². The highest BCUT2D eigenvalue weighted by molar-refractivity contribution is 5.94. The molecule has 2 rings (SSSR count). The molecule has 1 fully saturated rings. The normalized spacial score (nSPS) is 13.7. The second-order valence-corrected chi connectivity index (χ2v) is 5.50. The summed E-state index contributed by atoms with van der Waals surface area (Å²) in [5, 5.41) is 5.77. The first-order chi connectivity index (χ1) is 10.7. The second-order valence-electron chi connectivity index (χ2n) is 5.50. The molecule has 1 aliphatic carbocycles. The molecule has 120 valence electrons. The van der Waals surface area contributed by atoms with Gasteiger partial charge in [0.15, 0.2) is 0 Å². The zero-order chi connectivity index (χ0) is 15.8. The van der Waals surface area contributed by atoms with Crippen LogP contribution in [0.15, 0.2) is 24.3 Å². The first-order valence-corrected chi connectivity index (χ1v) is 7.93. The SMILES string of the molecule is CCOCCCNC(=O)c1ccc(CNC(=O)C2CC2)cc1. The zero-order valence-corrected chi connectivity index (χ0v) is 13.1. The Kier molecular flexibility index (Phi) is 6.40. The van der Waals surface area contributed by atoms with Crippen LogP contribution in [0.3, 0.4) is 0 Å². The van der Waals surface area contributed by atoms with Crippen LogP contribution in [-0.4, -0.2) is 31.6 Å². The quantitative estimate of drug-likeness (QED) is 0.684. The Hall–Kier alpha value is -1.88. The summed E-state index contributed by atoms with van der Waals surface area (Å²) in [6, 6.07) is 7.33. The van der Waals surface area contributed by atoms with E-state index in [4.69, 9.17) is 4.74 Å². The Morgan fingerprint density at radius 2 is 1.91 bits per heavy atom. The number of benzene rings is 1.